The number of benzene rings is 2. The fraction of sp³-hybridized carbons (Fsp3) is 0.577. The van der Waals surface area contributed by atoms with Gasteiger partial charge in [0, 0.05) is 64.4 Å². The largest absolute Gasteiger partial charge is 0.481 e. The van der Waals surface area contributed by atoms with Gasteiger partial charge in [-0.3, -0.25) is 47.4 Å². The Labute approximate surface area is 448 Å². The van der Waals surface area contributed by atoms with Crippen LogP contribution in [0.1, 0.15) is 107 Å². The van der Waals surface area contributed by atoms with Gasteiger partial charge in [0.15, 0.2) is 11.9 Å². The molecule has 0 bridgehead atoms. The Bertz CT molecular complexity index is 2280. The molecule has 0 spiro atoms. The van der Waals surface area contributed by atoms with Gasteiger partial charge >= 0.3 is 31.5 Å². The first-order valence-electron chi connectivity index (χ1n) is 25.3. The van der Waals surface area contributed by atoms with E-state index in [1.165, 1.54) is 32.9 Å². The van der Waals surface area contributed by atoms with Crippen LogP contribution >= 0.6 is 19.4 Å². The maximum Gasteiger partial charge on any atom is 0.333 e. The first-order chi connectivity index (χ1) is 36.0. The van der Waals surface area contributed by atoms with Gasteiger partial charge in [-0.15, -0.1) is 0 Å². The molecule has 0 aromatic heterocycles. The third-order valence-electron chi connectivity index (χ3n) is 12.6. The van der Waals surface area contributed by atoms with E-state index in [1.54, 1.807) is 48.7 Å². The molecule has 2 aromatic rings. The van der Waals surface area contributed by atoms with Gasteiger partial charge in [-0.25, -0.2) is 9.59 Å². The second-order valence-electron chi connectivity index (χ2n) is 18.6. The van der Waals surface area contributed by atoms with Crippen LogP contribution in [-0.2, 0) is 69.9 Å². The zero-order chi connectivity index (χ0) is 56.8. The molecule has 22 nitrogen and oxygen atoms in total. The van der Waals surface area contributed by atoms with Gasteiger partial charge in [-0.2, -0.15) is 11.8 Å². The minimum Gasteiger partial charge on any atom is -0.481 e. The van der Waals surface area contributed by atoms with Gasteiger partial charge < -0.3 is 51.1 Å². The molecule has 7 atom stereocenters. The van der Waals surface area contributed by atoms with Crippen LogP contribution in [0.3, 0.4) is 0 Å². The number of unbranched alkanes of at least 4 members (excludes halogenated alkanes) is 6. The minimum absolute atomic E-state index is 0.0110. The van der Waals surface area contributed by atoms with Crippen molar-refractivity contribution in [2.75, 3.05) is 45.9 Å². The zero-order valence-corrected chi connectivity index (χ0v) is 45.5. The van der Waals surface area contributed by atoms with Crippen molar-refractivity contribution in [2.45, 2.75) is 139 Å². The number of ketones is 2. The van der Waals surface area contributed by atoms with Gasteiger partial charge in [-0.1, -0.05) is 86.3 Å². The average molecular weight is 1110 g/mol. The number of amides is 4. The standard InChI is InChI=1S/C52H76N5O17PS/c1-53-40(49(66)56(2)41(32-47(63)64)50(67)57(3)42(34-76-4)51(68)69)33-54-48(65)37(29-35-19-11-9-12-20-35)31-43(59)39(30-36-21-13-10-14-22-36)55-45(60)24-16-8-6-5-7-15-23-38(58)26-27-44(52(70)71)74-75(72,73)28-18-17-25-46(61)62/h9-14,19-22,37,39-42,44,53H,5-8,15-18,23-34H2,1-4H3,(H,54,65)(H,55,60)(H,61,62)(H,63,64)(H,68,69)(H,70,71)(H,72,73)/t37-,39+,40+,41+,42+,44-/m1/s1. The highest BCUT2D eigenvalue weighted by Gasteiger charge is 2.38. The molecule has 0 fully saturated rings. The predicted octanol–water partition coefficient (Wildman–Crippen LogP) is 4.19. The van der Waals surface area contributed by atoms with Crippen LogP contribution in [0.5, 0.6) is 0 Å². The smallest absolute Gasteiger partial charge is 0.333 e. The lowest BCUT2D eigenvalue weighted by molar-refractivity contribution is -0.154. The molecule has 0 heterocycles. The number of nitrogens with one attached hydrogen (secondary N) is 3. The lowest BCUT2D eigenvalue weighted by Gasteiger charge is -2.34. The number of nitrogens with zero attached hydrogens (tertiary/aromatic N) is 2. The van der Waals surface area contributed by atoms with Crippen molar-refractivity contribution in [3.05, 3.63) is 71.8 Å². The molecular formula is C52H76N5O17PS. The maximum atomic E-state index is 14.3. The van der Waals surface area contributed by atoms with E-state index in [1.807, 2.05) is 18.2 Å². The number of carboxylic acid groups (broad SMARTS) is 4. The summed E-state index contributed by atoms with van der Waals surface area (Å²) in [6.07, 6.45) is 2.43. The summed E-state index contributed by atoms with van der Waals surface area (Å²) in [4.78, 5) is 140. The van der Waals surface area contributed by atoms with Crippen molar-refractivity contribution in [3.63, 3.8) is 0 Å². The Morgan fingerprint density at radius 2 is 1.20 bits per heavy atom. The predicted molar refractivity (Wildman–Crippen MR) is 282 cm³/mol. The fourth-order valence-electron chi connectivity index (χ4n) is 8.21. The normalized spacial score (nSPS) is 14.3. The molecule has 2 rings (SSSR count). The summed E-state index contributed by atoms with van der Waals surface area (Å²) in [6.45, 7) is -0.335. The number of likely N-dealkylation sites (N-methyl/N-ethyl adjacent to an activating group) is 3. The summed E-state index contributed by atoms with van der Waals surface area (Å²) in [5, 5.41) is 46.0. The third-order valence-corrected chi connectivity index (χ3v) is 14.7. The van der Waals surface area contributed by atoms with Crippen LogP contribution in [0.25, 0.3) is 0 Å². The van der Waals surface area contributed by atoms with Crippen LogP contribution < -0.4 is 16.0 Å². The SMILES string of the molecule is CN[C@@H](CNC(=O)[C@@H](CC(=O)[C@H](Cc1ccccc1)NC(=O)CCCCCCCCC(=O)CC[C@@H](OP(=O)(O)CCCCC(=O)O)C(=O)O)Cc1ccccc1)C(=O)N(C)[C@@H](CC(=O)O)C(=O)N(C)[C@@H](CSC)C(=O)O. The van der Waals surface area contributed by atoms with E-state index in [-0.39, 0.29) is 88.2 Å². The van der Waals surface area contributed by atoms with Gasteiger partial charge in [-0.05, 0) is 69.4 Å². The number of carboxylic acids is 4. The Balaban J connectivity index is 2.04. The molecule has 8 N–H and O–H groups in total. The number of thioether (sulfide) groups is 1. The Morgan fingerprint density at radius 1 is 0.645 bits per heavy atom. The zero-order valence-electron chi connectivity index (χ0n) is 43.8. The monoisotopic (exact) mass is 1110 g/mol. The minimum atomic E-state index is -4.31. The molecule has 4 amide bonds. The molecule has 24 heteroatoms. The molecule has 0 aliphatic carbocycles. The van der Waals surface area contributed by atoms with Crippen molar-refractivity contribution in [1.82, 2.24) is 25.8 Å². The Hall–Kier alpha value is -6.00. The van der Waals surface area contributed by atoms with Crippen molar-refractivity contribution < 1.29 is 82.4 Å². The highest BCUT2D eigenvalue weighted by molar-refractivity contribution is 7.98. The second kappa shape index (κ2) is 35.4. The van der Waals surface area contributed by atoms with Crippen molar-refractivity contribution in [3.8, 4) is 0 Å². The summed E-state index contributed by atoms with van der Waals surface area (Å²) in [6, 6.07) is 12.9. The molecule has 76 heavy (non-hydrogen) atoms. The van der Waals surface area contributed by atoms with Gasteiger partial charge in [0.05, 0.1) is 18.6 Å². The highest BCUT2D eigenvalue weighted by atomic mass is 32.2. The molecule has 0 aliphatic heterocycles. The van der Waals surface area contributed by atoms with E-state index in [9.17, 15) is 72.7 Å². The summed E-state index contributed by atoms with van der Waals surface area (Å²) < 4.78 is 17.3. The molecule has 422 valence electrons. The molecule has 1 unspecified atom stereocenters. The van der Waals surface area contributed by atoms with E-state index in [2.05, 4.69) is 16.0 Å². The number of carbonyl (C=O) groups is 10. The van der Waals surface area contributed by atoms with E-state index >= 15 is 0 Å². The van der Waals surface area contributed by atoms with Crippen molar-refractivity contribution >= 4 is 78.4 Å². The molecule has 0 saturated carbocycles. The summed E-state index contributed by atoms with van der Waals surface area (Å²) in [5.74, 6) is -9.47. The topological polar surface area (TPSA) is 341 Å². The van der Waals surface area contributed by atoms with E-state index in [0.29, 0.717) is 25.7 Å². The third kappa shape index (κ3) is 25.7. The molecule has 0 radical (unpaired) electrons. The van der Waals surface area contributed by atoms with Crippen molar-refractivity contribution in [2.24, 2.45) is 5.92 Å². The Morgan fingerprint density at radius 3 is 1.74 bits per heavy atom. The summed E-state index contributed by atoms with van der Waals surface area (Å²) in [7, 11) is -0.444. The van der Waals surface area contributed by atoms with Crippen LogP contribution in [-0.4, -0.2) is 170 Å². The van der Waals surface area contributed by atoms with Gasteiger partial charge in [0.1, 0.15) is 23.9 Å². The molecule has 0 saturated heterocycles. The number of Topliss-reactive ketones (excluding diaryl/α,β-unsaturated/α-hetero) is 2. The van der Waals surface area contributed by atoms with Crippen LogP contribution in [0.2, 0.25) is 0 Å². The van der Waals surface area contributed by atoms with E-state index < -0.39 is 104 Å². The average Bonchev–Trinajstić information content (AvgIpc) is 3.37. The second-order valence-corrected chi connectivity index (χ2v) is 21.5. The number of rotatable bonds is 41. The van der Waals surface area contributed by atoms with Crippen molar-refractivity contribution in [1.29, 1.82) is 0 Å². The summed E-state index contributed by atoms with van der Waals surface area (Å²) >= 11 is 1.17. The number of aliphatic carboxylic acids is 4. The molecular weight excluding hydrogens is 1030 g/mol. The van der Waals surface area contributed by atoms with Crippen LogP contribution in [0.4, 0.5) is 0 Å². The van der Waals surface area contributed by atoms with Crippen LogP contribution in [0.15, 0.2) is 60.7 Å². The quantitative estimate of drug-likeness (QED) is 0.0342. The highest BCUT2D eigenvalue weighted by Crippen LogP contribution is 2.45. The van der Waals surface area contributed by atoms with Gasteiger partial charge in [0.2, 0.25) is 23.6 Å². The lowest BCUT2D eigenvalue weighted by Crippen LogP contribution is -2.58. The lowest BCUT2D eigenvalue weighted by atomic mass is 9.89. The summed E-state index contributed by atoms with van der Waals surface area (Å²) in [5.41, 5.74) is 1.51. The fourth-order valence-corrected chi connectivity index (χ4v) is 10.2. The van der Waals surface area contributed by atoms with Crippen LogP contribution in [0, 0.1) is 5.92 Å². The van der Waals surface area contributed by atoms with E-state index in [0.717, 1.165) is 33.8 Å². The number of carbonyl (C=O) groups excluding carboxylic acids is 6. The number of hydrogen-bond acceptors (Lipinski definition) is 14. The maximum absolute atomic E-state index is 14.3. The molecule has 0 aliphatic rings. The first kappa shape index (κ1) is 66.1. The molecule has 2 aromatic carbocycles. The Kier molecular flexibility index (Phi) is 30.8. The van der Waals surface area contributed by atoms with E-state index in [4.69, 9.17) is 9.63 Å². The number of hydrogen-bond donors (Lipinski definition) is 8. The van der Waals surface area contributed by atoms with Gasteiger partial charge in [0.25, 0.3) is 0 Å². The first-order valence-corrected chi connectivity index (χ1v) is 28.4.